The number of benzene rings is 3. The van der Waals surface area contributed by atoms with E-state index in [4.69, 9.17) is 18.9 Å². The van der Waals surface area contributed by atoms with Crippen LogP contribution in [0.2, 0.25) is 0 Å². The molecule has 13 nitrogen and oxygen atoms in total. The number of nitrogens with zero attached hydrogens (tertiary/aromatic N) is 5. The van der Waals surface area contributed by atoms with E-state index in [-0.39, 0.29) is 17.1 Å². The van der Waals surface area contributed by atoms with Gasteiger partial charge in [0, 0.05) is 56.1 Å². The van der Waals surface area contributed by atoms with E-state index in [9.17, 15) is 18.8 Å². The normalized spacial score (nSPS) is 13.3. The average molecular weight is 675 g/mol. The number of halogens is 2. The fourth-order valence-electron chi connectivity index (χ4n) is 5.22. The van der Waals surface area contributed by atoms with Crippen LogP contribution in [-0.2, 0) is 11.8 Å². The number of morpholine rings is 1. The molecule has 1 aliphatic heterocycles. The Bertz CT molecular complexity index is 2110. The number of methoxy groups -OCH3 is 1. The molecule has 1 N–H and O–H groups in total. The molecule has 1 aliphatic rings. The number of pyridine rings is 1. The zero-order valence-corrected chi connectivity index (χ0v) is 26.7. The van der Waals surface area contributed by atoms with Crippen molar-refractivity contribution in [2.24, 2.45) is 7.05 Å². The maximum Gasteiger partial charge on any atom is 0.351 e. The van der Waals surface area contributed by atoms with Crippen LogP contribution in [0.1, 0.15) is 16.9 Å². The summed E-state index contributed by atoms with van der Waals surface area (Å²) in [6, 6.07) is 13.5. The molecule has 5 aromatic rings. The number of hydrogen-bond donors (Lipinski definition) is 1. The second kappa shape index (κ2) is 14.6. The van der Waals surface area contributed by atoms with E-state index in [1.54, 1.807) is 18.2 Å². The third-order valence-corrected chi connectivity index (χ3v) is 7.84. The SMILES string of the molecule is COc1cc2c(Oc3ccc(NC(=O)c4nn(-c5ccc(F)cc5)c(=O)n(C)c4=O)cc3F)ccnc2cc1OCCCN1CCOCC1. The molecule has 0 atom stereocenters. The molecule has 1 amide bonds. The first-order valence-corrected chi connectivity index (χ1v) is 15.4. The summed E-state index contributed by atoms with van der Waals surface area (Å²) in [7, 11) is 2.70. The van der Waals surface area contributed by atoms with Crippen molar-refractivity contribution in [3.63, 3.8) is 0 Å². The molecule has 3 heterocycles. The number of amides is 1. The van der Waals surface area contributed by atoms with E-state index >= 15 is 4.39 Å². The lowest BCUT2D eigenvalue weighted by atomic mass is 10.1. The van der Waals surface area contributed by atoms with Gasteiger partial charge in [-0.25, -0.2) is 13.6 Å². The molecular formula is C34H32F2N6O7. The standard InChI is InChI=1S/C34H32F2N6O7/c1-40-33(44)31(39-42(34(40)45)23-7-4-21(35)5-8-23)32(43)38-22-6-9-28(25(36)18-22)49-27-10-11-37-26-20-30(29(46-2)19-24(26)27)48-15-3-12-41-13-16-47-17-14-41/h4-11,18-20H,3,12-17H2,1-2H3,(H,38,43). The molecule has 15 heteroatoms. The second-order valence-electron chi connectivity index (χ2n) is 11.1. The van der Waals surface area contributed by atoms with E-state index < -0.39 is 34.5 Å². The number of hydrogen-bond acceptors (Lipinski definition) is 10. The monoisotopic (exact) mass is 674 g/mol. The minimum absolute atomic E-state index is 0.00472. The molecule has 49 heavy (non-hydrogen) atoms. The van der Waals surface area contributed by atoms with Gasteiger partial charge in [-0.2, -0.15) is 9.78 Å². The molecule has 3 aromatic carbocycles. The number of rotatable bonds is 11. The summed E-state index contributed by atoms with van der Waals surface area (Å²) in [5.41, 5.74) is -1.78. The van der Waals surface area contributed by atoms with Gasteiger partial charge in [-0.1, -0.05) is 0 Å². The molecule has 0 saturated carbocycles. The van der Waals surface area contributed by atoms with E-state index in [0.29, 0.717) is 39.3 Å². The quantitative estimate of drug-likeness (QED) is 0.205. The van der Waals surface area contributed by atoms with E-state index in [0.717, 1.165) is 62.1 Å². The largest absolute Gasteiger partial charge is 0.493 e. The second-order valence-corrected chi connectivity index (χ2v) is 11.1. The van der Waals surface area contributed by atoms with Crippen molar-refractivity contribution in [2.75, 3.05) is 51.9 Å². The van der Waals surface area contributed by atoms with Crippen molar-refractivity contribution in [3.8, 4) is 28.7 Å². The van der Waals surface area contributed by atoms with E-state index in [1.165, 1.54) is 44.6 Å². The van der Waals surface area contributed by atoms with Crippen LogP contribution in [-0.4, -0.2) is 76.7 Å². The minimum Gasteiger partial charge on any atom is -0.493 e. The molecule has 0 aliphatic carbocycles. The molecule has 0 bridgehead atoms. The summed E-state index contributed by atoms with van der Waals surface area (Å²) in [4.78, 5) is 45.2. The molecule has 1 fully saturated rings. The van der Waals surface area contributed by atoms with Gasteiger partial charge in [-0.3, -0.25) is 24.0 Å². The lowest BCUT2D eigenvalue weighted by Gasteiger charge is -2.26. The van der Waals surface area contributed by atoms with Crippen molar-refractivity contribution >= 4 is 22.5 Å². The van der Waals surface area contributed by atoms with Crippen molar-refractivity contribution in [1.29, 1.82) is 0 Å². The molecule has 6 rings (SSSR count). The maximum atomic E-state index is 15.3. The number of carbonyl (C=O) groups is 1. The molecule has 1 saturated heterocycles. The van der Waals surface area contributed by atoms with Gasteiger partial charge in [0.1, 0.15) is 11.6 Å². The number of aromatic nitrogens is 4. The first-order chi connectivity index (χ1) is 23.7. The Morgan fingerprint density at radius 1 is 0.959 bits per heavy atom. The van der Waals surface area contributed by atoms with Gasteiger partial charge in [-0.05, 0) is 55.0 Å². The molecule has 254 valence electrons. The molecule has 0 radical (unpaired) electrons. The van der Waals surface area contributed by atoms with Gasteiger partial charge >= 0.3 is 5.69 Å². The third-order valence-electron chi connectivity index (χ3n) is 7.84. The summed E-state index contributed by atoms with van der Waals surface area (Å²) in [6.07, 6.45) is 2.35. The highest BCUT2D eigenvalue weighted by Crippen LogP contribution is 2.38. The van der Waals surface area contributed by atoms with Crippen LogP contribution in [0.3, 0.4) is 0 Å². The van der Waals surface area contributed by atoms with Gasteiger partial charge < -0.3 is 24.3 Å². The predicted octanol–water partition coefficient (Wildman–Crippen LogP) is 3.91. The van der Waals surface area contributed by atoms with Crippen LogP contribution in [0, 0.1) is 11.6 Å². The Balaban J connectivity index is 1.17. The number of ether oxygens (including phenoxy) is 4. The first kappa shape index (κ1) is 33.2. The van der Waals surface area contributed by atoms with Gasteiger partial charge in [0.2, 0.25) is 5.69 Å². The maximum absolute atomic E-state index is 15.3. The zero-order chi connectivity index (χ0) is 34.5. The number of nitrogens with one attached hydrogen (secondary N) is 1. The van der Waals surface area contributed by atoms with Gasteiger partial charge in [-0.15, -0.1) is 0 Å². The summed E-state index contributed by atoms with van der Waals surface area (Å²) < 4.78 is 53.1. The van der Waals surface area contributed by atoms with Crippen LogP contribution in [0.5, 0.6) is 23.0 Å². The summed E-state index contributed by atoms with van der Waals surface area (Å²) in [6.45, 7) is 4.65. The van der Waals surface area contributed by atoms with Crippen LogP contribution in [0.4, 0.5) is 14.5 Å². The lowest BCUT2D eigenvalue weighted by molar-refractivity contribution is 0.0357. The first-order valence-electron chi connectivity index (χ1n) is 15.4. The highest BCUT2D eigenvalue weighted by atomic mass is 19.1. The third kappa shape index (κ3) is 7.42. The Hall–Kier alpha value is -5.67. The number of anilines is 1. The Labute approximate surface area is 278 Å². The molecule has 2 aromatic heterocycles. The number of carbonyl (C=O) groups excluding carboxylic acids is 1. The summed E-state index contributed by atoms with van der Waals surface area (Å²) in [5, 5.41) is 6.87. The summed E-state index contributed by atoms with van der Waals surface area (Å²) in [5.74, 6) is -1.22. The van der Waals surface area contributed by atoms with Crippen molar-refractivity contribution in [2.45, 2.75) is 6.42 Å². The summed E-state index contributed by atoms with van der Waals surface area (Å²) >= 11 is 0. The van der Waals surface area contributed by atoms with Crippen molar-refractivity contribution in [3.05, 3.63) is 105 Å². The molecular weight excluding hydrogens is 642 g/mol. The minimum atomic E-state index is -0.990. The predicted molar refractivity (Wildman–Crippen MR) is 175 cm³/mol. The number of fused-ring (bicyclic) bond motifs is 1. The lowest BCUT2D eigenvalue weighted by Crippen LogP contribution is -2.43. The highest BCUT2D eigenvalue weighted by Gasteiger charge is 2.20. The Morgan fingerprint density at radius 3 is 2.47 bits per heavy atom. The molecule has 0 unspecified atom stereocenters. The van der Waals surface area contributed by atoms with Crippen LogP contribution in [0.15, 0.2) is 76.4 Å². The van der Waals surface area contributed by atoms with Gasteiger partial charge in [0.05, 0.1) is 38.1 Å². The highest BCUT2D eigenvalue weighted by molar-refractivity contribution is 6.02. The van der Waals surface area contributed by atoms with Crippen molar-refractivity contribution < 1.29 is 32.5 Å². The van der Waals surface area contributed by atoms with Crippen LogP contribution >= 0.6 is 0 Å². The zero-order valence-electron chi connectivity index (χ0n) is 26.7. The molecule has 0 spiro atoms. The van der Waals surface area contributed by atoms with E-state index in [1.807, 2.05) is 0 Å². The smallest absolute Gasteiger partial charge is 0.351 e. The Kier molecular flexibility index (Phi) is 9.92. The van der Waals surface area contributed by atoms with Crippen LogP contribution < -0.4 is 30.8 Å². The fourth-order valence-corrected chi connectivity index (χ4v) is 5.22. The van der Waals surface area contributed by atoms with E-state index in [2.05, 4.69) is 20.3 Å². The average Bonchev–Trinajstić information content (AvgIpc) is 3.11. The fraction of sp³-hybridized carbons (Fsp3) is 0.265. The van der Waals surface area contributed by atoms with Gasteiger partial charge in [0.25, 0.3) is 11.5 Å². The topological polar surface area (TPSA) is 139 Å². The van der Waals surface area contributed by atoms with Crippen LogP contribution in [0.25, 0.3) is 16.6 Å². The van der Waals surface area contributed by atoms with Gasteiger partial charge in [0.15, 0.2) is 23.1 Å². The Morgan fingerprint density at radius 2 is 1.73 bits per heavy atom. The van der Waals surface area contributed by atoms with Crippen molar-refractivity contribution in [1.82, 2.24) is 24.2 Å².